The number of ether oxygens (including phenoxy) is 2. The standard InChI is InChI=1S/C30H35N7O8/c1-3-4-13-44-30(42)35-24(29(41)43-2)27(36-28(40)23-25(39)19-7-5-6-8-20(19)33-23)34-22(38)15-18-14-21(37-45-18)16-9-11-17(12-10-16)26(31)32/h5-12,18,23-24,27,33H,3-4,13-15H2,1-2H3,(H3,31,32)(H,34,38)(H,35,42)(H,36,40)/t18?,23?,24?,27-/m1/s1. The third-order valence-electron chi connectivity index (χ3n) is 7.10. The van der Waals surface area contributed by atoms with E-state index in [-0.39, 0.29) is 25.3 Å². The highest BCUT2D eigenvalue weighted by atomic mass is 16.6. The zero-order valence-electron chi connectivity index (χ0n) is 24.8. The number of amides is 3. The average Bonchev–Trinajstić information content (AvgIpc) is 3.63. The first kappa shape index (κ1) is 32.4. The van der Waals surface area contributed by atoms with Gasteiger partial charge in [0.1, 0.15) is 18.1 Å². The molecular formula is C30H35N7O8. The van der Waals surface area contributed by atoms with E-state index in [9.17, 15) is 24.0 Å². The van der Waals surface area contributed by atoms with Crippen molar-refractivity contribution in [3.63, 3.8) is 0 Å². The topological polar surface area (TPSA) is 223 Å². The van der Waals surface area contributed by atoms with Crippen LogP contribution in [0.4, 0.5) is 10.5 Å². The summed E-state index contributed by atoms with van der Waals surface area (Å²) in [6.07, 6.45) is -1.82. The molecule has 0 fully saturated rings. The van der Waals surface area contributed by atoms with Crippen LogP contribution in [-0.4, -0.2) is 79.3 Å². The number of fused-ring (bicyclic) bond motifs is 1. The molecule has 2 aromatic carbocycles. The minimum atomic E-state index is -1.62. The van der Waals surface area contributed by atoms with Gasteiger partial charge in [-0.15, -0.1) is 0 Å². The summed E-state index contributed by atoms with van der Waals surface area (Å²) in [6.45, 7) is 1.99. The Hall–Kier alpha value is -5.47. The quantitative estimate of drug-likeness (QED) is 0.0467. The lowest BCUT2D eigenvalue weighted by molar-refractivity contribution is -0.144. The lowest BCUT2D eigenvalue weighted by Gasteiger charge is -2.28. The molecule has 45 heavy (non-hydrogen) atoms. The number of nitrogens with two attached hydrogens (primary N) is 1. The van der Waals surface area contributed by atoms with Gasteiger partial charge in [0.25, 0.3) is 5.91 Å². The predicted octanol–water partition coefficient (Wildman–Crippen LogP) is 1.16. The van der Waals surface area contributed by atoms with E-state index in [0.717, 1.165) is 19.1 Å². The first-order valence-electron chi connectivity index (χ1n) is 14.3. The van der Waals surface area contributed by atoms with E-state index in [1.54, 1.807) is 48.5 Å². The summed E-state index contributed by atoms with van der Waals surface area (Å²) in [4.78, 5) is 70.2. The molecule has 4 rings (SSSR count). The summed E-state index contributed by atoms with van der Waals surface area (Å²) >= 11 is 0. The fourth-order valence-corrected chi connectivity index (χ4v) is 4.70. The van der Waals surface area contributed by atoms with Crippen LogP contribution in [0.1, 0.15) is 54.1 Å². The third kappa shape index (κ3) is 8.13. The van der Waals surface area contributed by atoms with Crippen molar-refractivity contribution in [2.24, 2.45) is 10.9 Å². The Morgan fingerprint density at radius 1 is 1.11 bits per heavy atom. The van der Waals surface area contributed by atoms with Gasteiger partial charge in [0, 0.05) is 23.2 Å². The molecule has 3 amide bonds. The van der Waals surface area contributed by atoms with Gasteiger partial charge in [0.05, 0.1) is 25.8 Å². The summed E-state index contributed by atoms with van der Waals surface area (Å²) in [5.74, 6) is -3.08. The highest BCUT2D eigenvalue weighted by Gasteiger charge is 2.40. The van der Waals surface area contributed by atoms with E-state index in [0.29, 0.717) is 28.9 Å². The largest absolute Gasteiger partial charge is 0.467 e. The number of amidine groups is 1. The first-order chi connectivity index (χ1) is 21.6. The van der Waals surface area contributed by atoms with Crippen molar-refractivity contribution in [1.29, 1.82) is 5.41 Å². The molecule has 7 N–H and O–H groups in total. The van der Waals surface area contributed by atoms with Gasteiger partial charge in [0.2, 0.25) is 5.91 Å². The number of nitrogen functional groups attached to an aromatic ring is 1. The number of ketones is 1. The van der Waals surface area contributed by atoms with Gasteiger partial charge in [-0.25, -0.2) is 9.59 Å². The molecule has 2 aliphatic rings. The number of methoxy groups -OCH3 is 1. The van der Waals surface area contributed by atoms with Crippen LogP contribution >= 0.6 is 0 Å². The number of nitrogens with zero attached hydrogens (tertiary/aromatic N) is 1. The lowest BCUT2D eigenvalue weighted by Crippen LogP contribution is -2.64. The number of para-hydroxylation sites is 1. The fraction of sp³-hybridized carbons (Fsp3) is 0.367. The normalized spacial score (nSPS) is 17.8. The molecule has 15 heteroatoms. The lowest BCUT2D eigenvalue weighted by atomic mass is 10.0. The average molecular weight is 622 g/mol. The number of nitrogens with one attached hydrogen (secondary N) is 5. The summed E-state index contributed by atoms with van der Waals surface area (Å²) in [7, 11) is 1.08. The second-order valence-electron chi connectivity index (χ2n) is 10.3. The van der Waals surface area contributed by atoms with Gasteiger partial charge in [-0.2, -0.15) is 0 Å². The number of oxime groups is 1. The molecule has 0 bridgehead atoms. The SMILES string of the molecule is CCCCOC(=O)NC(C(=O)OC)[C@H](NC(=O)CC1CC(c2ccc(C(=N)N)cc2)=NO1)NC(=O)C1Nc2ccccc2C1=O. The van der Waals surface area contributed by atoms with Crippen molar-refractivity contribution in [3.05, 3.63) is 65.2 Å². The van der Waals surface area contributed by atoms with Crippen LogP contribution in [0.5, 0.6) is 0 Å². The second-order valence-corrected chi connectivity index (χ2v) is 10.3. The summed E-state index contributed by atoms with van der Waals surface area (Å²) < 4.78 is 9.95. The Morgan fingerprint density at radius 3 is 2.51 bits per heavy atom. The number of rotatable bonds is 13. The Balaban J connectivity index is 1.46. The maximum Gasteiger partial charge on any atom is 0.407 e. The number of esters is 1. The van der Waals surface area contributed by atoms with Crippen molar-refractivity contribution in [2.45, 2.75) is 57.0 Å². The maximum atomic E-state index is 13.3. The zero-order chi connectivity index (χ0) is 32.5. The van der Waals surface area contributed by atoms with Crippen molar-refractivity contribution in [2.75, 3.05) is 19.0 Å². The van der Waals surface area contributed by atoms with E-state index in [1.165, 1.54) is 0 Å². The minimum Gasteiger partial charge on any atom is -0.467 e. The molecule has 2 aromatic rings. The molecule has 0 spiro atoms. The molecule has 3 unspecified atom stereocenters. The predicted molar refractivity (Wildman–Crippen MR) is 162 cm³/mol. The number of anilines is 1. The van der Waals surface area contributed by atoms with E-state index in [4.69, 9.17) is 25.5 Å². The molecule has 0 saturated carbocycles. The van der Waals surface area contributed by atoms with Gasteiger partial charge < -0.3 is 41.3 Å². The summed E-state index contributed by atoms with van der Waals surface area (Å²) in [6, 6.07) is 10.4. The van der Waals surface area contributed by atoms with E-state index >= 15 is 0 Å². The molecule has 0 aromatic heterocycles. The van der Waals surface area contributed by atoms with E-state index < -0.39 is 54.0 Å². The molecule has 2 heterocycles. The number of alkyl carbamates (subject to hydrolysis) is 1. The van der Waals surface area contributed by atoms with Crippen molar-refractivity contribution in [3.8, 4) is 0 Å². The molecule has 0 saturated heterocycles. The highest BCUT2D eigenvalue weighted by Crippen LogP contribution is 2.25. The van der Waals surface area contributed by atoms with Crippen LogP contribution in [-0.2, 0) is 28.7 Å². The van der Waals surface area contributed by atoms with Crippen LogP contribution in [0, 0.1) is 5.41 Å². The first-order valence-corrected chi connectivity index (χ1v) is 14.3. The van der Waals surface area contributed by atoms with Gasteiger partial charge in [-0.3, -0.25) is 19.8 Å². The fourth-order valence-electron chi connectivity index (χ4n) is 4.70. The third-order valence-corrected chi connectivity index (χ3v) is 7.10. The number of benzene rings is 2. The highest BCUT2D eigenvalue weighted by molar-refractivity contribution is 6.21. The molecular weight excluding hydrogens is 586 g/mol. The van der Waals surface area contributed by atoms with Crippen LogP contribution < -0.4 is 27.0 Å². The zero-order valence-corrected chi connectivity index (χ0v) is 24.8. The molecule has 0 radical (unpaired) electrons. The Kier molecular flexibility index (Phi) is 10.7. The maximum absolute atomic E-state index is 13.3. The molecule has 15 nitrogen and oxygen atoms in total. The number of Topliss-reactive ketones (excluding diaryl/α,β-unsaturated/α-hetero) is 1. The van der Waals surface area contributed by atoms with Gasteiger partial charge in [0.15, 0.2) is 17.9 Å². The van der Waals surface area contributed by atoms with Crippen molar-refractivity contribution >= 4 is 46.9 Å². The van der Waals surface area contributed by atoms with Crippen LogP contribution in [0.25, 0.3) is 0 Å². The number of carbonyl (C=O) groups excluding carboxylic acids is 5. The second kappa shape index (κ2) is 14.8. The Morgan fingerprint density at radius 2 is 1.84 bits per heavy atom. The minimum absolute atomic E-state index is 0.0751. The van der Waals surface area contributed by atoms with E-state index in [1.807, 2.05) is 6.92 Å². The van der Waals surface area contributed by atoms with E-state index in [2.05, 4.69) is 26.4 Å². The number of hydrogen-bond donors (Lipinski definition) is 6. The molecule has 4 atom stereocenters. The molecule has 238 valence electrons. The molecule has 2 aliphatic heterocycles. The smallest absolute Gasteiger partial charge is 0.407 e. The summed E-state index contributed by atoms with van der Waals surface area (Å²) in [5, 5.41) is 21.8. The van der Waals surface area contributed by atoms with Crippen LogP contribution in [0.3, 0.4) is 0 Å². The summed E-state index contributed by atoms with van der Waals surface area (Å²) in [5.41, 5.74) is 8.11. The Labute approximate surface area is 258 Å². The number of carbonyl (C=O) groups is 5. The Bertz CT molecular complexity index is 1490. The van der Waals surface area contributed by atoms with Gasteiger partial charge in [-0.1, -0.05) is 54.9 Å². The number of unbranched alkanes of at least 4 members (excludes halogenated alkanes) is 1. The molecule has 0 aliphatic carbocycles. The number of hydrogen-bond acceptors (Lipinski definition) is 11. The monoisotopic (exact) mass is 621 g/mol. The van der Waals surface area contributed by atoms with Crippen LogP contribution in [0.2, 0.25) is 0 Å². The van der Waals surface area contributed by atoms with Crippen molar-refractivity contribution in [1.82, 2.24) is 16.0 Å². The van der Waals surface area contributed by atoms with Gasteiger partial charge in [-0.05, 0) is 24.1 Å². The van der Waals surface area contributed by atoms with Crippen molar-refractivity contribution < 1.29 is 38.3 Å². The van der Waals surface area contributed by atoms with Gasteiger partial charge >= 0.3 is 12.1 Å². The van der Waals surface area contributed by atoms with Crippen LogP contribution in [0.15, 0.2) is 53.7 Å².